The quantitative estimate of drug-likeness (QED) is 0.470. The van der Waals surface area contributed by atoms with Gasteiger partial charge in [-0.2, -0.15) is 10.1 Å². The second kappa shape index (κ2) is 8.70. The number of hydrogen-bond donors (Lipinski definition) is 1. The topological polar surface area (TPSA) is 93.1 Å². The Morgan fingerprint density at radius 1 is 1.09 bits per heavy atom. The first-order valence-corrected chi connectivity index (χ1v) is 11.2. The molecule has 0 unspecified atom stereocenters. The van der Waals surface area contributed by atoms with E-state index in [4.69, 9.17) is 4.74 Å². The maximum Gasteiger partial charge on any atom is 0.251 e. The third-order valence-corrected chi connectivity index (χ3v) is 5.97. The molecule has 2 heterocycles. The molecule has 0 aliphatic heterocycles. The lowest BCUT2D eigenvalue weighted by molar-refractivity contribution is 0.0951. The number of carbonyl (C=O) groups excluding carboxylic acids is 1. The lowest BCUT2D eigenvalue weighted by Gasteiger charge is -2.14. The molecule has 0 bridgehead atoms. The molecule has 1 amide bonds. The summed E-state index contributed by atoms with van der Waals surface area (Å²) in [5.74, 6) is 0.970. The van der Waals surface area contributed by atoms with Gasteiger partial charge in [0.2, 0.25) is 11.8 Å². The maximum atomic E-state index is 12.6. The summed E-state index contributed by atoms with van der Waals surface area (Å²) in [6, 6.07) is 12.3. The van der Waals surface area contributed by atoms with Gasteiger partial charge in [0.25, 0.3) is 5.91 Å². The third kappa shape index (κ3) is 4.14. The van der Waals surface area contributed by atoms with Crippen LogP contribution in [0.3, 0.4) is 0 Å². The number of aromatic nitrogens is 4. The zero-order chi connectivity index (χ0) is 23.8. The first-order chi connectivity index (χ1) is 16.4. The first kappa shape index (κ1) is 21.8. The Labute approximate surface area is 198 Å². The van der Waals surface area contributed by atoms with Crippen LogP contribution in [-0.4, -0.2) is 53.3 Å². The predicted octanol–water partition coefficient (Wildman–Crippen LogP) is 4.03. The molecule has 2 aromatic carbocycles. The molecule has 1 fully saturated rings. The van der Waals surface area contributed by atoms with Gasteiger partial charge in [-0.25, -0.2) is 4.98 Å². The molecule has 0 atom stereocenters. The van der Waals surface area contributed by atoms with Crippen LogP contribution in [0.25, 0.3) is 33.2 Å². The Morgan fingerprint density at radius 2 is 1.91 bits per heavy atom. The zero-order valence-corrected chi connectivity index (χ0v) is 19.7. The molecular weight excluding hydrogens is 428 g/mol. The largest absolute Gasteiger partial charge is 0.480 e. The summed E-state index contributed by atoms with van der Waals surface area (Å²) < 4.78 is 5.53. The smallest absolute Gasteiger partial charge is 0.251 e. The van der Waals surface area contributed by atoms with E-state index in [0.717, 1.165) is 40.3 Å². The standard InChI is InChI=1S/C26H26N6O2/c1-15-5-6-17(24(33)29-19-8-9-19)12-21(15)16-7-10-20-18(11-16)13-28-31-23(20)22-14-27-26(32(2)3)30-25(22)34-4/h5-7,10-14,19H,8-9H2,1-4H3,(H,29,33). The highest BCUT2D eigenvalue weighted by molar-refractivity contribution is 5.99. The van der Waals surface area contributed by atoms with Crippen molar-refractivity contribution in [2.24, 2.45) is 0 Å². The van der Waals surface area contributed by atoms with E-state index in [9.17, 15) is 4.79 Å². The number of benzene rings is 2. The van der Waals surface area contributed by atoms with Crippen LogP contribution < -0.4 is 15.0 Å². The summed E-state index contributed by atoms with van der Waals surface area (Å²) in [4.78, 5) is 23.3. The molecule has 8 heteroatoms. The summed E-state index contributed by atoms with van der Waals surface area (Å²) in [5, 5.41) is 13.5. The monoisotopic (exact) mass is 454 g/mol. The van der Waals surface area contributed by atoms with E-state index < -0.39 is 0 Å². The summed E-state index contributed by atoms with van der Waals surface area (Å²) in [6.45, 7) is 2.05. The third-order valence-electron chi connectivity index (χ3n) is 5.97. The fourth-order valence-corrected chi connectivity index (χ4v) is 3.92. The van der Waals surface area contributed by atoms with Crippen molar-refractivity contribution >= 4 is 22.6 Å². The molecule has 1 aliphatic carbocycles. The molecule has 1 N–H and O–H groups in total. The summed E-state index contributed by atoms with van der Waals surface area (Å²) in [6.07, 6.45) is 5.58. The molecule has 5 rings (SSSR count). The molecule has 0 radical (unpaired) electrons. The van der Waals surface area contributed by atoms with Crippen LogP contribution in [0.1, 0.15) is 28.8 Å². The number of anilines is 1. The summed E-state index contributed by atoms with van der Waals surface area (Å²) in [7, 11) is 5.33. The van der Waals surface area contributed by atoms with Crippen LogP contribution in [0.15, 0.2) is 48.8 Å². The normalized spacial score (nSPS) is 13.1. The van der Waals surface area contributed by atoms with Gasteiger partial charge in [-0.15, -0.1) is 5.10 Å². The van der Waals surface area contributed by atoms with Crippen molar-refractivity contribution in [1.29, 1.82) is 0 Å². The van der Waals surface area contributed by atoms with Crippen molar-refractivity contribution in [3.8, 4) is 28.3 Å². The van der Waals surface area contributed by atoms with E-state index in [-0.39, 0.29) is 5.91 Å². The number of carbonyl (C=O) groups is 1. The molecule has 172 valence electrons. The van der Waals surface area contributed by atoms with Crippen LogP contribution in [0.4, 0.5) is 5.95 Å². The van der Waals surface area contributed by atoms with Crippen molar-refractivity contribution in [3.05, 3.63) is 59.9 Å². The number of aryl methyl sites for hydroxylation is 1. The van der Waals surface area contributed by atoms with Gasteiger partial charge in [0.05, 0.1) is 18.9 Å². The van der Waals surface area contributed by atoms with E-state index in [2.05, 4.69) is 31.5 Å². The van der Waals surface area contributed by atoms with Crippen LogP contribution in [-0.2, 0) is 0 Å². The molecule has 0 saturated heterocycles. The lowest BCUT2D eigenvalue weighted by atomic mass is 9.95. The average Bonchev–Trinajstić information content (AvgIpc) is 3.67. The number of ether oxygens (including phenoxy) is 1. The lowest BCUT2D eigenvalue weighted by Crippen LogP contribution is -2.25. The number of nitrogens with zero attached hydrogens (tertiary/aromatic N) is 5. The molecule has 0 spiro atoms. The highest BCUT2D eigenvalue weighted by Gasteiger charge is 2.24. The minimum Gasteiger partial charge on any atom is -0.480 e. The fraction of sp³-hybridized carbons (Fsp3) is 0.269. The van der Waals surface area contributed by atoms with Gasteiger partial charge in [-0.1, -0.05) is 18.2 Å². The van der Waals surface area contributed by atoms with Crippen molar-refractivity contribution < 1.29 is 9.53 Å². The van der Waals surface area contributed by atoms with Gasteiger partial charge in [0, 0.05) is 42.7 Å². The molecular formula is C26H26N6O2. The van der Waals surface area contributed by atoms with Crippen LogP contribution in [0.5, 0.6) is 5.88 Å². The number of methoxy groups -OCH3 is 1. The Hall–Kier alpha value is -4.07. The van der Waals surface area contributed by atoms with Gasteiger partial charge in [-0.05, 0) is 54.7 Å². The second-order valence-electron chi connectivity index (χ2n) is 8.76. The van der Waals surface area contributed by atoms with Crippen molar-refractivity contribution in [2.45, 2.75) is 25.8 Å². The predicted molar refractivity (Wildman–Crippen MR) is 132 cm³/mol. The van der Waals surface area contributed by atoms with Gasteiger partial charge >= 0.3 is 0 Å². The van der Waals surface area contributed by atoms with Gasteiger partial charge < -0.3 is 15.0 Å². The van der Waals surface area contributed by atoms with Crippen molar-refractivity contribution in [3.63, 3.8) is 0 Å². The summed E-state index contributed by atoms with van der Waals surface area (Å²) >= 11 is 0. The minimum atomic E-state index is -0.0223. The number of hydrogen-bond acceptors (Lipinski definition) is 7. The SMILES string of the molecule is COc1nc(N(C)C)ncc1-c1nncc2cc(-c3cc(C(=O)NC4CC4)ccc3C)ccc12. The zero-order valence-electron chi connectivity index (χ0n) is 19.7. The van der Waals surface area contributed by atoms with E-state index in [1.54, 1.807) is 19.5 Å². The molecule has 34 heavy (non-hydrogen) atoms. The Morgan fingerprint density at radius 3 is 2.65 bits per heavy atom. The number of amides is 1. The highest BCUT2D eigenvalue weighted by atomic mass is 16.5. The highest BCUT2D eigenvalue weighted by Crippen LogP contribution is 2.34. The van der Waals surface area contributed by atoms with E-state index >= 15 is 0 Å². The van der Waals surface area contributed by atoms with E-state index in [0.29, 0.717) is 34.7 Å². The number of nitrogens with one attached hydrogen (secondary N) is 1. The van der Waals surface area contributed by atoms with Crippen LogP contribution in [0.2, 0.25) is 0 Å². The van der Waals surface area contributed by atoms with Crippen molar-refractivity contribution in [2.75, 3.05) is 26.1 Å². The Bertz CT molecular complexity index is 1400. The molecule has 1 saturated carbocycles. The second-order valence-corrected chi connectivity index (χ2v) is 8.76. The molecule has 2 aromatic heterocycles. The average molecular weight is 455 g/mol. The number of rotatable bonds is 6. The van der Waals surface area contributed by atoms with Gasteiger partial charge in [0.15, 0.2) is 0 Å². The van der Waals surface area contributed by atoms with Gasteiger partial charge in [0.1, 0.15) is 5.69 Å². The molecule has 8 nitrogen and oxygen atoms in total. The number of fused-ring (bicyclic) bond motifs is 1. The minimum absolute atomic E-state index is 0.0223. The summed E-state index contributed by atoms with van der Waals surface area (Å²) in [5.41, 5.74) is 5.12. The van der Waals surface area contributed by atoms with Gasteiger partial charge in [-0.3, -0.25) is 4.79 Å². The fourth-order valence-electron chi connectivity index (χ4n) is 3.92. The first-order valence-electron chi connectivity index (χ1n) is 11.2. The van der Waals surface area contributed by atoms with Crippen LogP contribution in [0, 0.1) is 6.92 Å². The maximum absolute atomic E-state index is 12.6. The Kier molecular flexibility index (Phi) is 5.57. The van der Waals surface area contributed by atoms with E-state index in [1.165, 1.54) is 0 Å². The molecule has 1 aliphatic rings. The molecule has 4 aromatic rings. The van der Waals surface area contributed by atoms with Crippen LogP contribution >= 0.6 is 0 Å². The Balaban J connectivity index is 1.56. The van der Waals surface area contributed by atoms with E-state index in [1.807, 2.05) is 56.3 Å². The van der Waals surface area contributed by atoms with Crippen molar-refractivity contribution in [1.82, 2.24) is 25.5 Å².